The average molecular weight is 310 g/mol. The first-order valence-corrected chi connectivity index (χ1v) is 7.61. The SMILES string of the molecule is O=C(Cc1ccc(Cl)cc1)NNC(=O)NC1CCCCC1. The smallest absolute Gasteiger partial charge is 0.333 e. The third-order valence-corrected chi connectivity index (χ3v) is 3.79. The van der Waals surface area contributed by atoms with Crippen LogP contribution in [0.4, 0.5) is 4.79 Å². The minimum absolute atomic E-state index is 0.195. The summed E-state index contributed by atoms with van der Waals surface area (Å²) in [4.78, 5) is 23.4. The van der Waals surface area contributed by atoms with Crippen LogP contribution in [0.25, 0.3) is 0 Å². The number of hydrazine groups is 1. The number of carbonyl (C=O) groups is 2. The van der Waals surface area contributed by atoms with Crippen LogP contribution in [0.2, 0.25) is 5.02 Å². The third-order valence-electron chi connectivity index (χ3n) is 3.53. The van der Waals surface area contributed by atoms with Gasteiger partial charge in [0.15, 0.2) is 0 Å². The van der Waals surface area contributed by atoms with Crippen molar-refractivity contribution < 1.29 is 9.59 Å². The molecule has 1 saturated carbocycles. The van der Waals surface area contributed by atoms with E-state index in [2.05, 4.69) is 16.2 Å². The molecular formula is C15H20ClN3O2. The molecule has 1 aliphatic rings. The minimum atomic E-state index is -0.355. The quantitative estimate of drug-likeness (QED) is 0.751. The van der Waals surface area contributed by atoms with Crippen molar-refractivity contribution in [3.63, 3.8) is 0 Å². The molecule has 3 amide bonds. The van der Waals surface area contributed by atoms with Gasteiger partial charge in [-0.15, -0.1) is 0 Å². The van der Waals surface area contributed by atoms with Gasteiger partial charge in [0.2, 0.25) is 5.91 Å². The number of halogens is 1. The van der Waals surface area contributed by atoms with Gasteiger partial charge in [-0.2, -0.15) is 0 Å². The first-order valence-electron chi connectivity index (χ1n) is 7.23. The van der Waals surface area contributed by atoms with Crippen molar-refractivity contribution >= 4 is 23.5 Å². The van der Waals surface area contributed by atoms with E-state index in [0.29, 0.717) is 5.02 Å². The second-order valence-corrected chi connectivity index (χ2v) is 5.72. The van der Waals surface area contributed by atoms with Gasteiger partial charge >= 0.3 is 6.03 Å². The molecule has 0 radical (unpaired) electrons. The highest BCUT2D eigenvalue weighted by molar-refractivity contribution is 6.30. The predicted molar refractivity (Wildman–Crippen MR) is 81.8 cm³/mol. The maximum atomic E-state index is 11.7. The van der Waals surface area contributed by atoms with Gasteiger partial charge in [0.1, 0.15) is 0 Å². The van der Waals surface area contributed by atoms with Crippen molar-refractivity contribution in [2.45, 2.75) is 44.6 Å². The molecule has 0 saturated heterocycles. The first-order chi connectivity index (χ1) is 10.1. The van der Waals surface area contributed by atoms with Gasteiger partial charge in [-0.05, 0) is 30.5 Å². The zero-order valence-corrected chi connectivity index (χ0v) is 12.6. The minimum Gasteiger partial charge on any atom is -0.334 e. The van der Waals surface area contributed by atoms with E-state index in [1.165, 1.54) is 6.42 Å². The van der Waals surface area contributed by atoms with E-state index in [4.69, 9.17) is 11.6 Å². The van der Waals surface area contributed by atoms with Gasteiger partial charge in [-0.1, -0.05) is 43.0 Å². The normalized spacial score (nSPS) is 15.3. The summed E-state index contributed by atoms with van der Waals surface area (Å²) in [6.45, 7) is 0. The predicted octanol–water partition coefficient (Wildman–Crippen LogP) is 2.55. The largest absolute Gasteiger partial charge is 0.334 e. The standard InChI is InChI=1S/C15H20ClN3O2/c16-12-8-6-11(7-9-12)10-14(20)18-19-15(21)17-13-4-2-1-3-5-13/h6-9,13H,1-5,10H2,(H,18,20)(H2,17,19,21). The highest BCUT2D eigenvalue weighted by atomic mass is 35.5. The maximum absolute atomic E-state index is 11.7. The number of benzene rings is 1. The Balaban J connectivity index is 1.68. The molecule has 21 heavy (non-hydrogen) atoms. The summed E-state index contributed by atoms with van der Waals surface area (Å²) in [5, 5.41) is 3.49. The number of amides is 3. The number of urea groups is 1. The Bertz CT molecular complexity index is 484. The van der Waals surface area contributed by atoms with E-state index in [-0.39, 0.29) is 24.4 Å². The van der Waals surface area contributed by atoms with Crippen LogP contribution >= 0.6 is 11.6 Å². The summed E-state index contributed by atoms with van der Waals surface area (Å²) in [5.41, 5.74) is 5.63. The van der Waals surface area contributed by atoms with E-state index in [1.54, 1.807) is 24.3 Å². The highest BCUT2D eigenvalue weighted by Gasteiger charge is 2.15. The second-order valence-electron chi connectivity index (χ2n) is 5.28. The molecule has 1 fully saturated rings. The Morgan fingerprint density at radius 3 is 2.38 bits per heavy atom. The van der Waals surface area contributed by atoms with Crippen LogP contribution in [-0.4, -0.2) is 18.0 Å². The van der Waals surface area contributed by atoms with E-state index < -0.39 is 0 Å². The summed E-state index contributed by atoms with van der Waals surface area (Å²) in [6.07, 6.45) is 5.73. The van der Waals surface area contributed by atoms with Crippen molar-refractivity contribution in [3.05, 3.63) is 34.9 Å². The van der Waals surface area contributed by atoms with Crippen LogP contribution in [0, 0.1) is 0 Å². The lowest BCUT2D eigenvalue weighted by molar-refractivity contribution is -0.121. The Kier molecular flexibility index (Phi) is 5.87. The molecule has 0 atom stereocenters. The molecule has 0 unspecified atom stereocenters. The first kappa shape index (κ1) is 15.6. The van der Waals surface area contributed by atoms with Crippen LogP contribution in [-0.2, 0) is 11.2 Å². The Morgan fingerprint density at radius 1 is 1.05 bits per heavy atom. The monoisotopic (exact) mass is 309 g/mol. The fourth-order valence-corrected chi connectivity index (χ4v) is 2.55. The molecule has 1 aliphatic carbocycles. The van der Waals surface area contributed by atoms with Crippen LogP contribution in [0.5, 0.6) is 0 Å². The zero-order chi connectivity index (χ0) is 15.1. The second kappa shape index (κ2) is 7.88. The molecule has 1 aromatic rings. The zero-order valence-electron chi connectivity index (χ0n) is 11.8. The number of carbonyl (C=O) groups excluding carboxylic acids is 2. The summed E-state index contributed by atoms with van der Waals surface area (Å²) in [5.74, 6) is -0.267. The van der Waals surface area contributed by atoms with Crippen LogP contribution < -0.4 is 16.2 Å². The lowest BCUT2D eigenvalue weighted by atomic mass is 9.96. The fourth-order valence-electron chi connectivity index (χ4n) is 2.43. The Labute approximate surface area is 129 Å². The average Bonchev–Trinajstić information content (AvgIpc) is 2.49. The summed E-state index contributed by atoms with van der Waals surface area (Å²) in [7, 11) is 0. The van der Waals surface area contributed by atoms with Crippen molar-refractivity contribution in [1.82, 2.24) is 16.2 Å². The van der Waals surface area contributed by atoms with E-state index in [9.17, 15) is 9.59 Å². The van der Waals surface area contributed by atoms with Gasteiger partial charge < -0.3 is 5.32 Å². The van der Waals surface area contributed by atoms with Crippen molar-refractivity contribution in [2.24, 2.45) is 0 Å². The Morgan fingerprint density at radius 2 is 1.71 bits per heavy atom. The molecule has 0 bridgehead atoms. The summed E-state index contributed by atoms with van der Waals surface area (Å²) in [6, 6.07) is 6.88. The molecule has 0 spiro atoms. The van der Waals surface area contributed by atoms with Crippen molar-refractivity contribution in [1.29, 1.82) is 0 Å². The molecule has 0 heterocycles. The van der Waals surface area contributed by atoms with Crippen molar-refractivity contribution in [3.8, 4) is 0 Å². The van der Waals surface area contributed by atoms with Gasteiger partial charge in [0.25, 0.3) is 0 Å². The molecule has 6 heteroatoms. The lowest BCUT2D eigenvalue weighted by Gasteiger charge is -2.22. The molecular weight excluding hydrogens is 290 g/mol. The summed E-state index contributed by atoms with van der Waals surface area (Å²) < 4.78 is 0. The molecule has 0 aromatic heterocycles. The highest BCUT2D eigenvalue weighted by Crippen LogP contribution is 2.17. The topological polar surface area (TPSA) is 70.2 Å². The van der Waals surface area contributed by atoms with E-state index in [1.807, 2.05) is 0 Å². The Hall–Kier alpha value is -1.75. The molecule has 2 rings (SSSR count). The van der Waals surface area contributed by atoms with E-state index in [0.717, 1.165) is 31.2 Å². The molecule has 1 aromatic carbocycles. The maximum Gasteiger partial charge on any atom is 0.333 e. The van der Waals surface area contributed by atoms with Crippen LogP contribution in [0.15, 0.2) is 24.3 Å². The fraction of sp³-hybridized carbons (Fsp3) is 0.467. The number of rotatable bonds is 3. The van der Waals surface area contributed by atoms with Crippen LogP contribution in [0.1, 0.15) is 37.7 Å². The number of nitrogens with one attached hydrogen (secondary N) is 3. The van der Waals surface area contributed by atoms with Crippen LogP contribution in [0.3, 0.4) is 0 Å². The van der Waals surface area contributed by atoms with Gasteiger partial charge in [-0.25, -0.2) is 10.2 Å². The molecule has 0 aliphatic heterocycles. The van der Waals surface area contributed by atoms with Crippen molar-refractivity contribution in [2.75, 3.05) is 0 Å². The van der Waals surface area contributed by atoms with Gasteiger partial charge in [-0.3, -0.25) is 10.2 Å². The molecule has 3 N–H and O–H groups in total. The van der Waals surface area contributed by atoms with E-state index >= 15 is 0 Å². The van der Waals surface area contributed by atoms with Gasteiger partial charge in [0, 0.05) is 11.1 Å². The lowest BCUT2D eigenvalue weighted by Crippen LogP contribution is -2.50. The number of hydrogen-bond acceptors (Lipinski definition) is 2. The number of hydrogen-bond donors (Lipinski definition) is 3. The van der Waals surface area contributed by atoms with Gasteiger partial charge in [0.05, 0.1) is 6.42 Å². The molecule has 5 nitrogen and oxygen atoms in total. The molecule has 114 valence electrons. The summed E-state index contributed by atoms with van der Waals surface area (Å²) >= 11 is 5.78. The third kappa shape index (κ3) is 5.63.